The van der Waals surface area contributed by atoms with Gasteiger partial charge in [-0.3, -0.25) is 0 Å². The van der Waals surface area contributed by atoms with Gasteiger partial charge in [0.2, 0.25) is 0 Å². The monoisotopic (exact) mass is 197 g/mol. The van der Waals surface area contributed by atoms with Gasteiger partial charge in [0.05, 0.1) is 18.7 Å². The van der Waals surface area contributed by atoms with E-state index in [0.717, 1.165) is 25.1 Å². The molecule has 0 saturated heterocycles. The second-order valence-corrected chi connectivity index (χ2v) is 3.52. The number of nitrogens with two attached hydrogens (primary N) is 1. The molecule has 2 rings (SSSR count). The zero-order valence-electron chi connectivity index (χ0n) is 8.26. The van der Waals surface area contributed by atoms with Crippen LogP contribution in [0.3, 0.4) is 0 Å². The molecule has 1 aliphatic carbocycles. The van der Waals surface area contributed by atoms with Crippen LogP contribution in [-0.4, -0.2) is 33.4 Å². The predicted octanol–water partition coefficient (Wildman–Crippen LogP) is -0.128. The molecule has 2 unspecified atom stereocenters. The summed E-state index contributed by atoms with van der Waals surface area (Å²) in [4.78, 5) is 0. The fraction of sp³-hybridized carbons (Fsp3) is 0.875. The molecule has 0 aliphatic heterocycles. The highest BCUT2D eigenvalue weighted by Crippen LogP contribution is 2.31. The van der Waals surface area contributed by atoms with Gasteiger partial charge in [-0.15, -0.1) is 5.10 Å². The lowest BCUT2D eigenvalue weighted by Gasteiger charge is -2.18. The molecule has 1 heterocycles. The Labute approximate surface area is 82.4 Å². The second kappa shape index (κ2) is 4.02. The topological polar surface area (TPSA) is 78.8 Å². The number of hydrogen-bond acceptors (Lipinski definition) is 5. The van der Waals surface area contributed by atoms with Crippen molar-refractivity contribution < 1.29 is 4.74 Å². The summed E-state index contributed by atoms with van der Waals surface area (Å²) >= 11 is 0. The number of nitrogens with zero attached hydrogens (tertiary/aromatic N) is 4. The third kappa shape index (κ3) is 1.51. The third-order valence-electron chi connectivity index (χ3n) is 2.78. The van der Waals surface area contributed by atoms with Crippen molar-refractivity contribution in [1.82, 2.24) is 20.2 Å². The van der Waals surface area contributed by atoms with Crippen LogP contribution in [0.4, 0.5) is 0 Å². The summed E-state index contributed by atoms with van der Waals surface area (Å²) in [5.74, 6) is 0.735. The highest BCUT2D eigenvalue weighted by atomic mass is 16.5. The van der Waals surface area contributed by atoms with Gasteiger partial charge in [-0.2, -0.15) is 0 Å². The summed E-state index contributed by atoms with van der Waals surface area (Å²) in [5.41, 5.74) is 5.55. The lowest BCUT2D eigenvalue weighted by Crippen LogP contribution is -2.24. The maximum Gasteiger partial charge on any atom is 0.165 e. The molecule has 1 aliphatic rings. The number of tetrazole rings is 1. The smallest absolute Gasteiger partial charge is 0.165 e. The maximum atomic E-state index is 5.55. The van der Waals surface area contributed by atoms with Crippen molar-refractivity contribution in [3.8, 4) is 0 Å². The van der Waals surface area contributed by atoms with Crippen LogP contribution in [0.2, 0.25) is 0 Å². The van der Waals surface area contributed by atoms with Gasteiger partial charge in [0.1, 0.15) is 0 Å². The van der Waals surface area contributed by atoms with Crippen LogP contribution >= 0.6 is 0 Å². The number of ether oxygens (including phenoxy) is 1. The maximum absolute atomic E-state index is 5.55. The van der Waals surface area contributed by atoms with E-state index in [9.17, 15) is 0 Å². The molecule has 2 atom stereocenters. The molecule has 0 bridgehead atoms. The molecule has 1 aromatic rings. The molecule has 78 valence electrons. The third-order valence-corrected chi connectivity index (χ3v) is 2.78. The number of aromatic nitrogens is 4. The molecule has 0 spiro atoms. The van der Waals surface area contributed by atoms with Gasteiger partial charge in [-0.25, -0.2) is 4.68 Å². The molecule has 0 amide bonds. The van der Waals surface area contributed by atoms with E-state index in [1.165, 1.54) is 0 Å². The average molecular weight is 197 g/mol. The summed E-state index contributed by atoms with van der Waals surface area (Å²) in [6.07, 6.45) is 3.53. The van der Waals surface area contributed by atoms with Crippen LogP contribution < -0.4 is 5.73 Å². The fourth-order valence-electron chi connectivity index (χ4n) is 2.07. The quantitative estimate of drug-likeness (QED) is 0.730. The van der Waals surface area contributed by atoms with Gasteiger partial charge in [0, 0.05) is 7.11 Å². The Balaban J connectivity index is 2.21. The van der Waals surface area contributed by atoms with E-state index in [-0.39, 0.29) is 12.1 Å². The Kier molecular flexibility index (Phi) is 2.74. The number of hydrogen-bond donors (Lipinski definition) is 1. The van der Waals surface area contributed by atoms with Crippen molar-refractivity contribution >= 4 is 0 Å². The van der Waals surface area contributed by atoms with E-state index < -0.39 is 0 Å². The molecule has 6 heteroatoms. The first kappa shape index (κ1) is 9.54. The first-order valence-corrected chi connectivity index (χ1v) is 4.86. The van der Waals surface area contributed by atoms with E-state index in [1.54, 1.807) is 11.8 Å². The van der Waals surface area contributed by atoms with E-state index in [2.05, 4.69) is 15.5 Å². The standard InChI is InChI=1S/C8H15N5O/c1-14-7-4-2-3-6(7)13-8(5-9)10-11-12-13/h6-7H,2-5,9H2,1H3. The molecular formula is C8H15N5O. The van der Waals surface area contributed by atoms with E-state index in [0.29, 0.717) is 6.54 Å². The zero-order chi connectivity index (χ0) is 9.97. The summed E-state index contributed by atoms with van der Waals surface area (Å²) in [7, 11) is 1.73. The molecule has 1 aromatic heterocycles. The van der Waals surface area contributed by atoms with E-state index in [4.69, 9.17) is 10.5 Å². The minimum Gasteiger partial charge on any atom is -0.379 e. The van der Waals surface area contributed by atoms with Crippen LogP contribution in [0.1, 0.15) is 31.1 Å². The van der Waals surface area contributed by atoms with Crippen LogP contribution in [0.25, 0.3) is 0 Å². The average Bonchev–Trinajstić information content (AvgIpc) is 2.85. The largest absolute Gasteiger partial charge is 0.379 e. The number of rotatable bonds is 3. The van der Waals surface area contributed by atoms with Crippen molar-refractivity contribution in [2.75, 3.05) is 7.11 Å². The summed E-state index contributed by atoms with van der Waals surface area (Å²) in [6, 6.07) is 0.258. The van der Waals surface area contributed by atoms with Crippen molar-refractivity contribution in [3.63, 3.8) is 0 Å². The second-order valence-electron chi connectivity index (χ2n) is 3.52. The van der Waals surface area contributed by atoms with Gasteiger partial charge in [-0.05, 0) is 29.7 Å². The Morgan fingerprint density at radius 1 is 1.57 bits per heavy atom. The molecule has 1 saturated carbocycles. The number of methoxy groups -OCH3 is 1. The Bertz CT molecular complexity index is 300. The van der Waals surface area contributed by atoms with Crippen LogP contribution in [0.15, 0.2) is 0 Å². The van der Waals surface area contributed by atoms with Gasteiger partial charge in [0.15, 0.2) is 5.82 Å². The molecule has 6 nitrogen and oxygen atoms in total. The van der Waals surface area contributed by atoms with E-state index >= 15 is 0 Å². The first-order valence-electron chi connectivity index (χ1n) is 4.86. The highest BCUT2D eigenvalue weighted by Gasteiger charge is 2.30. The van der Waals surface area contributed by atoms with Crippen molar-refractivity contribution in [2.24, 2.45) is 5.73 Å². The van der Waals surface area contributed by atoms with Gasteiger partial charge < -0.3 is 10.5 Å². The van der Waals surface area contributed by atoms with Crippen molar-refractivity contribution in [2.45, 2.75) is 38.0 Å². The van der Waals surface area contributed by atoms with Crippen molar-refractivity contribution in [3.05, 3.63) is 5.82 Å². The molecule has 2 N–H and O–H groups in total. The van der Waals surface area contributed by atoms with Crippen molar-refractivity contribution in [1.29, 1.82) is 0 Å². The van der Waals surface area contributed by atoms with Gasteiger partial charge >= 0.3 is 0 Å². The van der Waals surface area contributed by atoms with Crippen LogP contribution in [0, 0.1) is 0 Å². The van der Waals surface area contributed by atoms with E-state index in [1.807, 2.05) is 0 Å². The first-order chi connectivity index (χ1) is 6.86. The lowest BCUT2D eigenvalue weighted by atomic mass is 10.2. The molecule has 0 radical (unpaired) electrons. The Morgan fingerprint density at radius 2 is 2.43 bits per heavy atom. The minimum absolute atomic E-state index is 0.226. The lowest BCUT2D eigenvalue weighted by molar-refractivity contribution is 0.0691. The summed E-state index contributed by atoms with van der Waals surface area (Å²) < 4.78 is 7.20. The fourth-order valence-corrected chi connectivity index (χ4v) is 2.07. The Morgan fingerprint density at radius 3 is 3.14 bits per heavy atom. The molecule has 14 heavy (non-hydrogen) atoms. The van der Waals surface area contributed by atoms with Crippen LogP contribution in [-0.2, 0) is 11.3 Å². The SMILES string of the molecule is COC1CCCC1n1nnnc1CN. The minimum atomic E-state index is 0.226. The predicted molar refractivity (Wildman–Crippen MR) is 49.4 cm³/mol. The summed E-state index contributed by atoms with van der Waals surface area (Å²) in [6.45, 7) is 0.375. The molecule has 1 fully saturated rings. The highest BCUT2D eigenvalue weighted by molar-refractivity contribution is 4.89. The molecule has 0 aromatic carbocycles. The zero-order valence-corrected chi connectivity index (χ0v) is 8.26. The summed E-state index contributed by atoms with van der Waals surface area (Å²) in [5, 5.41) is 11.5. The van der Waals surface area contributed by atoms with Gasteiger partial charge in [0.25, 0.3) is 0 Å². The van der Waals surface area contributed by atoms with Gasteiger partial charge in [-0.1, -0.05) is 0 Å². The Hall–Kier alpha value is -1.01. The van der Waals surface area contributed by atoms with Crippen LogP contribution in [0.5, 0.6) is 0 Å². The molecular weight excluding hydrogens is 182 g/mol. The normalized spacial score (nSPS) is 27.0.